The number of hydrogen-bond donors (Lipinski definition) is 0. The average Bonchev–Trinajstić information content (AvgIpc) is 2.28. The Balaban J connectivity index is 2.24. The second kappa shape index (κ2) is 3.72. The second-order valence-corrected chi connectivity index (χ2v) is 2.79. The highest BCUT2D eigenvalue weighted by atomic mass is 16.7. The molecule has 0 bridgehead atoms. The van der Waals surface area contributed by atoms with E-state index in [0.717, 1.165) is 19.3 Å². The highest BCUT2D eigenvalue weighted by molar-refractivity contribution is 5.75. The van der Waals surface area contributed by atoms with Crippen LogP contribution in [0.2, 0.25) is 0 Å². The number of cyclic esters (lactones) is 1. The molecule has 2 atom stereocenters. The summed E-state index contributed by atoms with van der Waals surface area (Å²) >= 11 is 0. The first-order valence-electron chi connectivity index (χ1n) is 4.10. The summed E-state index contributed by atoms with van der Waals surface area (Å²) in [5.41, 5.74) is 0. The van der Waals surface area contributed by atoms with E-state index in [1.54, 1.807) is 6.92 Å². The Bertz CT molecular complexity index is 144. The molecule has 1 heterocycles. The molecular formula is C8H14O3. The molecule has 3 heteroatoms. The van der Waals surface area contributed by atoms with Crippen LogP contribution in [0.25, 0.3) is 0 Å². The first-order chi connectivity index (χ1) is 5.24. The molecule has 0 aromatic carbocycles. The van der Waals surface area contributed by atoms with E-state index in [9.17, 15) is 4.79 Å². The highest BCUT2D eigenvalue weighted by Gasteiger charge is 2.30. The van der Waals surface area contributed by atoms with Crippen molar-refractivity contribution in [3.8, 4) is 0 Å². The van der Waals surface area contributed by atoms with Crippen molar-refractivity contribution in [2.75, 3.05) is 0 Å². The molecular weight excluding hydrogens is 144 g/mol. The molecule has 0 aliphatic carbocycles. The Kier molecular flexibility index (Phi) is 2.88. The van der Waals surface area contributed by atoms with E-state index in [2.05, 4.69) is 6.92 Å². The van der Waals surface area contributed by atoms with Gasteiger partial charge in [-0.2, -0.15) is 0 Å². The Hall–Kier alpha value is -0.570. The lowest BCUT2D eigenvalue weighted by atomic mass is 10.2. The molecule has 0 aromatic rings. The number of rotatable bonds is 3. The number of carbonyl (C=O) groups is 1. The highest BCUT2D eigenvalue weighted by Crippen LogP contribution is 2.17. The quantitative estimate of drug-likeness (QED) is 0.583. The second-order valence-electron chi connectivity index (χ2n) is 2.79. The van der Waals surface area contributed by atoms with Crippen LogP contribution in [0, 0.1) is 0 Å². The summed E-state index contributed by atoms with van der Waals surface area (Å²) < 4.78 is 10.1. The Labute approximate surface area is 66.7 Å². The van der Waals surface area contributed by atoms with Gasteiger partial charge in [0.2, 0.25) is 6.29 Å². The van der Waals surface area contributed by atoms with Crippen LogP contribution in [-0.2, 0) is 14.3 Å². The van der Waals surface area contributed by atoms with Gasteiger partial charge in [-0.15, -0.1) is 0 Å². The third kappa shape index (κ3) is 2.19. The smallest absolute Gasteiger partial charge is 0.337 e. The van der Waals surface area contributed by atoms with Crippen molar-refractivity contribution >= 4 is 5.97 Å². The molecule has 1 rings (SSSR count). The maximum Gasteiger partial charge on any atom is 0.337 e. The molecule has 0 saturated carbocycles. The maximum absolute atomic E-state index is 10.8. The van der Waals surface area contributed by atoms with Crippen LogP contribution in [-0.4, -0.2) is 18.4 Å². The molecule has 1 aliphatic rings. The summed E-state index contributed by atoms with van der Waals surface area (Å²) in [5.74, 6) is -0.230. The fourth-order valence-electron chi connectivity index (χ4n) is 1.03. The van der Waals surface area contributed by atoms with Gasteiger partial charge in [0.25, 0.3) is 0 Å². The van der Waals surface area contributed by atoms with Crippen LogP contribution in [0.4, 0.5) is 0 Å². The molecule has 1 saturated heterocycles. The van der Waals surface area contributed by atoms with Crippen LogP contribution < -0.4 is 0 Å². The largest absolute Gasteiger partial charge is 0.434 e. The zero-order chi connectivity index (χ0) is 8.27. The lowest BCUT2D eigenvalue weighted by Gasteiger charge is -2.06. The summed E-state index contributed by atoms with van der Waals surface area (Å²) in [6.07, 6.45) is 2.33. The number of ether oxygens (including phenoxy) is 2. The number of unbranched alkanes of at least 4 members (excludes halogenated alkanes) is 1. The van der Waals surface area contributed by atoms with Gasteiger partial charge < -0.3 is 9.47 Å². The van der Waals surface area contributed by atoms with Gasteiger partial charge in [-0.25, -0.2) is 4.79 Å². The zero-order valence-corrected chi connectivity index (χ0v) is 7.00. The SMILES string of the molecule is CCCCC1OC(=O)[C@H](C)O1. The lowest BCUT2D eigenvalue weighted by Crippen LogP contribution is -2.09. The Morgan fingerprint density at radius 1 is 1.55 bits per heavy atom. The third-order valence-electron chi connectivity index (χ3n) is 1.73. The average molecular weight is 158 g/mol. The van der Waals surface area contributed by atoms with E-state index in [1.807, 2.05) is 0 Å². The van der Waals surface area contributed by atoms with Crippen molar-refractivity contribution in [1.82, 2.24) is 0 Å². The van der Waals surface area contributed by atoms with Crippen molar-refractivity contribution in [3.63, 3.8) is 0 Å². The van der Waals surface area contributed by atoms with Crippen molar-refractivity contribution < 1.29 is 14.3 Å². The summed E-state index contributed by atoms with van der Waals surface area (Å²) in [7, 11) is 0. The van der Waals surface area contributed by atoms with Gasteiger partial charge in [-0.3, -0.25) is 0 Å². The van der Waals surface area contributed by atoms with Gasteiger partial charge in [0.15, 0.2) is 6.10 Å². The molecule has 0 N–H and O–H groups in total. The first-order valence-corrected chi connectivity index (χ1v) is 4.10. The van der Waals surface area contributed by atoms with E-state index in [0.29, 0.717) is 0 Å². The molecule has 0 amide bonds. The first kappa shape index (κ1) is 8.53. The predicted molar refractivity (Wildman–Crippen MR) is 40.0 cm³/mol. The lowest BCUT2D eigenvalue weighted by molar-refractivity contribution is -0.143. The third-order valence-corrected chi connectivity index (χ3v) is 1.73. The van der Waals surface area contributed by atoms with E-state index in [-0.39, 0.29) is 18.4 Å². The van der Waals surface area contributed by atoms with E-state index >= 15 is 0 Å². The predicted octanol–water partition coefficient (Wildman–Crippen LogP) is 1.46. The molecule has 64 valence electrons. The van der Waals surface area contributed by atoms with Crippen LogP contribution in [0.3, 0.4) is 0 Å². The van der Waals surface area contributed by atoms with Crippen LogP contribution in [0.5, 0.6) is 0 Å². The summed E-state index contributed by atoms with van der Waals surface area (Å²) in [6, 6.07) is 0. The van der Waals surface area contributed by atoms with Crippen LogP contribution >= 0.6 is 0 Å². The number of esters is 1. The van der Waals surface area contributed by atoms with E-state index < -0.39 is 0 Å². The molecule has 0 radical (unpaired) electrons. The molecule has 0 spiro atoms. The normalized spacial score (nSPS) is 30.5. The minimum absolute atomic E-state index is 0.230. The monoisotopic (exact) mass is 158 g/mol. The molecule has 11 heavy (non-hydrogen) atoms. The van der Waals surface area contributed by atoms with Gasteiger partial charge in [0, 0.05) is 6.42 Å². The van der Waals surface area contributed by atoms with Gasteiger partial charge >= 0.3 is 5.97 Å². The van der Waals surface area contributed by atoms with Crippen LogP contribution in [0.15, 0.2) is 0 Å². The number of carbonyl (C=O) groups excluding carboxylic acids is 1. The summed E-state index contributed by atoms with van der Waals surface area (Å²) in [6.45, 7) is 3.81. The molecule has 1 unspecified atom stereocenters. The molecule has 0 aromatic heterocycles. The van der Waals surface area contributed by atoms with Gasteiger partial charge in [-0.1, -0.05) is 13.3 Å². The fourth-order valence-corrected chi connectivity index (χ4v) is 1.03. The minimum atomic E-state index is -0.364. The topological polar surface area (TPSA) is 35.5 Å². The zero-order valence-electron chi connectivity index (χ0n) is 7.00. The Morgan fingerprint density at radius 3 is 2.73 bits per heavy atom. The van der Waals surface area contributed by atoms with Gasteiger partial charge in [-0.05, 0) is 13.3 Å². The van der Waals surface area contributed by atoms with Crippen LogP contribution in [0.1, 0.15) is 33.1 Å². The molecule has 1 aliphatic heterocycles. The van der Waals surface area contributed by atoms with E-state index in [4.69, 9.17) is 9.47 Å². The molecule has 3 nitrogen and oxygen atoms in total. The maximum atomic E-state index is 10.8. The van der Waals surface area contributed by atoms with Crippen molar-refractivity contribution in [2.45, 2.75) is 45.5 Å². The Morgan fingerprint density at radius 2 is 2.27 bits per heavy atom. The molecule has 1 fully saturated rings. The van der Waals surface area contributed by atoms with E-state index in [1.165, 1.54) is 0 Å². The summed E-state index contributed by atoms with van der Waals surface area (Å²) in [4.78, 5) is 10.8. The van der Waals surface area contributed by atoms with Crippen molar-refractivity contribution in [1.29, 1.82) is 0 Å². The fraction of sp³-hybridized carbons (Fsp3) is 0.875. The van der Waals surface area contributed by atoms with Crippen molar-refractivity contribution in [2.24, 2.45) is 0 Å². The van der Waals surface area contributed by atoms with Gasteiger partial charge in [0.05, 0.1) is 0 Å². The minimum Gasteiger partial charge on any atom is -0.434 e. The number of hydrogen-bond acceptors (Lipinski definition) is 3. The standard InChI is InChI=1S/C8H14O3/c1-3-4-5-7-10-6(2)8(9)11-7/h6-7H,3-5H2,1-2H3/t6-,7?/m0/s1. The van der Waals surface area contributed by atoms with Crippen molar-refractivity contribution in [3.05, 3.63) is 0 Å². The van der Waals surface area contributed by atoms with Gasteiger partial charge in [0.1, 0.15) is 0 Å². The summed E-state index contributed by atoms with van der Waals surface area (Å²) in [5, 5.41) is 0.